The molecule has 4 nitrogen and oxygen atoms in total. The highest BCUT2D eigenvalue weighted by atomic mass is 16.3. The van der Waals surface area contributed by atoms with Crippen molar-refractivity contribution in [3.8, 4) is 0 Å². The molecule has 15 heavy (non-hydrogen) atoms. The fourth-order valence-corrected chi connectivity index (χ4v) is 2.26. The molecule has 2 heterocycles. The molecule has 0 saturated carbocycles. The molecule has 0 unspecified atom stereocenters. The third-order valence-corrected chi connectivity index (χ3v) is 3.14. The highest BCUT2D eigenvalue weighted by Gasteiger charge is 2.29. The second-order valence-electron chi connectivity index (χ2n) is 4.02. The van der Waals surface area contributed by atoms with Crippen molar-refractivity contribution in [1.29, 1.82) is 0 Å². The molecule has 82 valence electrons. The van der Waals surface area contributed by atoms with Gasteiger partial charge in [-0.3, -0.25) is 14.9 Å². The van der Waals surface area contributed by atoms with Crippen LogP contribution in [0, 0.1) is 0 Å². The monoisotopic (exact) mass is 207 g/mol. The van der Waals surface area contributed by atoms with Gasteiger partial charge in [0.1, 0.15) is 0 Å². The molecule has 0 radical (unpaired) electrons. The van der Waals surface area contributed by atoms with Gasteiger partial charge in [0.2, 0.25) is 0 Å². The SMILES string of the molecule is C[C@@H](c1cnccn1)N1CCC[C@H]1CO. The number of aromatic nitrogens is 2. The molecule has 2 atom stereocenters. The summed E-state index contributed by atoms with van der Waals surface area (Å²) in [4.78, 5) is 10.7. The molecule has 2 rings (SSSR count). The van der Waals surface area contributed by atoms with Gasteiger partial charge >= 0.3 is 0 Å². The van der Waals surface area contributed by atoms with Crippen LogP contribution in [-0.4, -0.2) is 39.2 Å². The molecule has 1 aromatic rings. The van der Waals surface area contributed by atoms with Crippen molar-refractivity contribution in [3.63, 3.8) is 0 Å². The maximum absolute atomic E-state index is 9.25. The smallest absolute Gasteiger partial charge is 0.0755 e. The average molecular weight is 207 g/mol. The van der Waals surface area contributed by atoms with Crippen LogP contribution in [0.4, 0.5) is 0 Å². The van der Waals surface area contributed by atoms with Crippen molar-refractivity contribution < 1.29 is 5.11 Å². The number of nitrogens with zero attached hydrogens (tertiary/aromatic N) is 3. The molecular formula is C11H17N3O. The maximum Gasteiger partial charge on any atom is 0.0755 e. The molecule has 0 bridgehead atoms. The predicted octanol–water partition coefficient (Wildman–Crippen LogP) is 0.994. The molecule has 1 fully saturated rings. The van der Waals surface area contributed by atoms with Crippen LogP contribution in [0.3, 0.4) is 0 Å². The lowest BCUT2D eigenvalue weighted by Crippen LogP contribution is -2.34. The van der Waals surface area contributed by atoms with Crippen LogP contribution in [0.5, 0.6) is 0 Å². The summed E-state index contributed by atoms with van der Waals surface area (Å²) in [7, 11) is 0. The van der Waals surface area contributed by atoms with Crippen LogP contribution < -0.4 is 0 Å². The normalized spacial score (nSPS) is 24.3. The first-order chi connectivity index (χ1) is 7.33. The molecule has 1 aromatic heterocycles. The Balaban J connectivity index is 2.10. The topological polar surface area (TPSA) is 49.2 Å². The zero-order chi connectivity index (χ0) is 10.7. The summed E-state index contributed by atoms with van der Waals surface area (Å²) >= 11 is 0. The Kier molecular flexibility index (Phi) is 3.28. The fourth-order valence-electron chi connectivity index (χ4n) is 2.26. The number of hydrogen-bond donors (Lipinski definition) is 1. The van der Waals surface area contributed by atoms with Crippen LogP contribution in [0.15, 0.2) is 18.6 Å². The van der Waals surface area contributed by atoms with E-state index in [0.717, 1.165) is 25.1 Å². The van der Waals surface area contributed by atoms with E-state index in [0.29, 0.717) is 6.04 Å². The molecule has 0 amide bonds. The Labute approximate surface area is 90.0 Å². The summed E-state index contributed by atoms with van der Waals surface area (Å²) in [5, 5.41) is 9.25. The van der Waals surface area contributed by atoms with Crippen LogP contribution in [-0.2, 0) is 0 Å². The zero-order valence-electron chi connectivity index (χ0n) is 9.00. The van der Waals surface area contributed by atoms with Crippen molar-refractivity contribution in [2.24, 2.45) is 0 Å². The van der Waals surface area contributed by atoms with Gasteiger partial charge in [0, 0.05) is 24.6 Å². The first-order valence-corrected chi connectivity index (χ1v) is 5.45. The first kappa shape index (κ1) is 10.5. The second kappa shape index (κ2) is 4.68. The van der Waals surface area contributed by atoms with Crippen LogP contribution in [0.1, 0.15) is 31.5 Å². The summed E-state index contributed by atoms with van der Waals surface area (Å²) in [5.74, 6) is 0. The number of aliphatic hydroxyl groups is 1. The van der Waals surface area contributed by atoms with Crippen LogP contribution in [0.2, 0.25) is 0 Å². The van der Waals surface area contributed by atoms with Gasteiger partial charge in [0.25, 0.3) is 0 Å². The van der Waals surface area contributed by atoms with Crippen molar-refractivity contribution in [1.82, 2.24) is 14.9 Å². The van der Waals surface area contributed by atoms with E-state index in [1.54, 1.807) is 18.6 Å². The Morgan fingerprint density at radius 3 is 3.13 bits per heavy atom. The molecule has 0 aliphatic carbocycles. The van der Waals surface area contributed by atoms with Crippen molar-refractivity contribution in [3.05, 3.63) is 24.3 Å². The highest BCUT2D eigenvalue weighted by molar-refractivity contribution is 5.03. The lowest BCUT2D eigenvalue weighted by molar-refractivity contribution is 0.124. The van der Waals surface area contributed by atoms with E-state index in [1.807, 2.05) is 0 Å². The van der Waals surface area contributed by atoms with Crippen molar-refractivity contribution in [2.75, 3.05) is 13.2 Å². The van der Waals surface area contributed by atoms with E-state index in [-0.39, 0.29) is 12.6 Å². The number of hydrogen-bond acceptors (Lipinski definition) is 4. The quantitative estimate of drug-likeness (QED) is 0.803. The lowest BCUT2D eigenvalue weighted by Gasteiger charge is -2.28. The summed E-state index contributed by atoms with van der Waals surface area (Å²) in [6.07, 6.45) is 7.45. The standard InChI is InChI=1S/C11H17N3O/c1-9(11-7-12-4-5-13-11)14-6-2-3-10(14)8-15/h4-5,7,9-10,15H,2-3,6,8H2,1H3/t9-,10-/m0/s1. The zero-order valence-corrected chi connectivity index (χ0v) is 9.00. The minimum absolute atomic E-state index is 0.241. The molecule has 4 heteroatoms. The molecule has 0 spiro atoms. The van der Waals surface area contributed by atoms with Crippen molar-refractivity contribution >= 4 is 0 Å². The molecule has 1 saturated heterocycles. The fraction of sp³-hybridized carbons (Fsp3) is 0.636. The Bertz CT molecular complexity index is 304. The summed E-state index contributed by atoms with van der Waals surface area (Å²) in [6, 6.07) is 0.542. The van der Waals surface area contributed by atoms with Crippen LogP contribution >= 0.6 is 0 Å². The van der Waals surface area contributed by atoms with Crippen LogP contribution in [0.25, 0.3) is 0 Å². The van der Waals surface area contributed by atoms with Gasteiger partial charge in [0.15, 0.2) is 0 Å². The van der Waals surface area contributed by atoms with E-state index < -0.39 is 0 Å². The van der Waals surface area contributed by atoms with E-state index in [1.165, 1.54) is 0 Å². The minimum Gasteiger partial charge on any atom is -0.395 e. The third kappa shape index (κ3) is 2.16. The Morgan fingerprint density at radius 1 is 1.60 bits per heavy atom. The number of likely N-dealkylation sites (tertiary alicyclic amines) is 1. The summed E-state index contributed by atoms with van der Waals surface area (Å²) < 4.78 is 0. The second-order valence-corrected chi connectivity index (χ2v) is 4.02. The lowest BCUT2D eigenvalue weighted by atomic mass is 10.1. The molecule has 1 N–H and O–H groups in total. The van der Waals surface area contributed by atoms with E-state index >= 15 is 0 Å². The summed E-state index contributed by atoms with van der Waals surface area (Å²) in [5.41, 5.74) is 0.984. The first-order valence-electron chi connectivity index (χ1n) is 5.45. The molecule has 1 aliphatic heterocycles. The molecule has 0 aromatic carbocycles. The van der Waals surface area contributed by atoms with E-state index in [9.17, 15) is 5.11 Å². The predicted molar refractivity (Wildman–Crippen MR) is 57.3 cm³/mol. The van der Waals surface area contributed by atoms with E-state index in [2.05, 4.69) is 21.8 Å². The average Bonchev–Trinajstić information content (AvgIpc) is 2.77. The number of aliphatic hydroxyl groups excluding tert-OH is 1. The largest absolute Gasteiger partial charge is 0.395 e. The van der Waals surface area contributed by atoms with Gasteiger partial charge in [-0.2, -0.15) is 0 Å². The van der Waals surface area contributed by atoms with Gasteiger partial charge < -0.3 is 5.11 Å². The van der Waals surface area contributed by atoms with Gasteiger partial charge in [-0.25, -0.2) is 0 Å². The third-order valence-electron chi connectivity index (χ3n) is 3.14. The van der Waals surface area contributed by atoms with Gasteiger partial charge in [-0.1, -0.05) is 0 Å². The number of rotatable bonds is 3. The molecular weight excluding hydrogens is 190 g/mol. The molecule has 1 aliphatic rings. The highest BCUT2D eigenvalue weighted by Crippen LogP contribution is 2.27. The van der Waals surface area contributed by atoms with Crippen molar-refractivity contribution in [2.45, 2.75) is 31.8 Å². The van der Waals surface area contributed by atoms with Gasteiger partial charge in [0.05, 0.1) is 18.3 Å². The Hall–Kier alpha value is -1.00. The van der Waals surface area contributed by atoms with Gasteiger partial charge in [-0.05, 0) is 26.3 Å². The summed E-state index contributed by atoms with van der Waals surface area (Å²) in [6.45, 7) is 3.41. The minimum atomic E-state index is 0.241. The maximum atomic E-state index is 9.25. The van der Waals surface area contributed by atoms with E-state index in [4.69, 9.17) is 0 Å². The Morgan fingerprint density at radius 2 is 2.47 bits per heavy atom. The van der Waals surface area contributed by atoms with Gasteiger partial charge in [-0.15, -0.1) is 0 Å².